The van der Waals surface area contributed by atoms with E-state index in [0.29, 0.717) is 0 Å². The first-order valence-electron chi connectivity index (χ1n) is 9.53. The Balaban J connectivity index is 1.60. The molecule has 0 radical (unpaired) electrons. The molecule has 2 aromatic carbocycles. The second-order valence-electron chi connectivity index (χ2n) is 7.17. The molecule has 0 unspecified atom stereocenters. The predicted molar refractivity (Wildman–Crippen MR) is 120 cm³/mol. The van der Waals surface area contributed by atoms with Gasteiger partial charge in [0.05, 0.1) is 26.3 Å². The number of hydrogen-bond donors (Lipinski definition) is 1. The first kappa shape index (κ1) is 20.0. The van der Waals surface area contributed by atoms with E-state index < -0.39 is 0 Å². The van der Waals surface area contributed by atoms with Gasteiger partial charge in [0.1, 0.15) is 11.5 Å². The van der Waals surface area contributed by atoms with Gasteiger partial charge in [0.2, 0.25) is 5.91 Å². The van der Waals surface area contributed by atoms with Crippen molar-refractivity contribution in [2.45, 2.75) is 20.3 Å². The van der Waals surface area contributed by atoms with Gasteiger partial charge in [-0.05, 0) is 55.3 Å². The third-order valence-electron chi connectivity index (χ3n) is 4.81. The summed E-state index contributed by atoms with van der Waals surface area (Å²) in [7, 11) is 3.26. The Morgan fingerprint density at radius 1 is 1.10 bits per heavy atom. The molecular formula is C23H23N3O3S. The number of carbonyl (C=O) groups is 1. The number of aryl methyl sites for hydroxylation is 2. The minimum absolute atomic E-state index is 0.0612. The predicted octanol–water partition coefficient (Wildman–Crippen LogP) is 4.88. The van der Waals surface area contributed by atoms with E-state index >= 15 is 0 Å². The number of aromatic nitrogens is 2. The van der Waals surface area contributed by atoms with Crippen molar-refractivity contribution >= 4 is 27.9 Å². The van der Waals surface area contributed by atoms with Crippen molar-refractivity contribution in [1.82, 2.24) is 9.38 Å². The lowest BCUT2D eigenvalue weighted by Crippen LogP contribution is -2.15. The number of ether oxygens (including phenoxy) is 2. The Labute approximate surface area is 179 Å². The van der Waals surface area contributed by atoms with E-state index in [-0.39, 0.29) is 12.3 Å². The first-order valence-corrected chi connectivity index (χ1v) is 10.4. The number of imidazole rings is 1. The van der Waals surface area contributed by atoms with Gasteiger partial charge in [0.25, 0.3) is 0 Å². The molecule has 0 saturated heterocycles. The fourth-order valence-corrected chi connectivity index (χ4v) is 4.39. The third kappa shape index (κ3) is 4.02. The van der Waals surface area contributed by atoms with E-state index in [4.69, 9.17) is 14.5 Å². The molecule has 30 heavy (non-hydrogen) atoms. The van der Waals surface area contributed by atoms with Crippen molar-refractivity contribution in [2.75, 3.05) is 19.5 Å². The lowest BCUT2D eigenvalue weighted by Gasteiger charge is -2.08. The van der Waals surface area contributed by atoms with Crippen LogP contribution in [0.15, 0.2) is 48.0 Å². The van der Waals surface area contributed by atoms with Crippen LogP contribution in [0.4, 0.5) is 5.69 Å². The summed E-state index contributed by atoms with van der Waals surface area (Å²) in [6.07, 6.45) is 2.20. The maximum absolute atomic E-state index is 12.6. The minimum atomic E-state index is -0.0612. The molecule has 1 amide bonds. The fourth-order valence-electron chi connectivity index (χ4n) is 3.52. The number of rotatable bonds is 6. The number of benzene rings is 2. The van der Waals surface area contributed by atoms with E-state index in [1.807, 2.05) is 60.2 Å². The Morgan fingerprint density at radius 2 is 1.87 bits per heavy atom. The minimum Gasteiger partial charge on any atom is -0.497 e. The topological polar surface area (TPSA) is 64.9 Å². The van der Waals surface area contributed by atoms with E-state index in [2.05, 4.69) is 11.4 Å². The molecule has 2 heterocycles. The number of methoxy groups -OCH3 is 2. The largest absolute Gasteiger partial charge is 0.497 e. The van der Waals surface area contributed by atoms with Crippen LogP contribution < -0.4 is 14.8 Å². The average Bonchev–Trinajstić information content (AvgIpc) is 3.28. The van der Waals surface area contributed by atoms with Gasteiger partial charge in [-0.1, -0.05) is 6.07 Å². The fraction of sp³-hybridized carbons (Fsp3) is 0.217. The lowest BCUT2D eigenvalue weighted by atomic mass is 10.1. The summed E-state index contributed by atoms with van der Waals surface area (Å²) >= 11 is 1.51. The molecule has 6 nitrogen and oxygen atoms in total. The Morgan fingerprint density at radius 3 is 2.57 bits per heavy atom. The van der Waals surface area contributed by atoms with Gasteiger partial charge < -0.3 is 14.8 Å². The van der Waals surface area contributed by atoms with Gasteiger partial charge in [-0.25, -0.2) is 4.98 Å². The number of anilines is 1. The summed E-state index contributed by atoms with van der Waals surface area (Å²) in [5.41, 5.74) is 5.56. The van der Waals surface area contributed by atoms with Gasteiger partial charge in [-0.3, -0.25) is 9.20 Å². The normalized spacial score (nSPS) is 10.9. The third-order valence-corrected chi connectivity index (χ3v) is 5.70. The van der Waals surface area contributed by atoms with Crippen LogP contribution in [0.3, 0.4) is 0 Å². The number of nitrogens with one attached hydrogen (secondary N) is 1. The second-order valence-corrected chi connectivity index (χ2v) is 8.01. The summed E-state index contributed by atoms with van der Waals surface area (Å²) in [4.78, 5) is 18.2. The molecule has 7 heteroatoms. The monoisotopic (exact) mass is 421 g/mol. The van der Waals surface area contributed by atoms with Crippen molar-refractivity contribution in [3.8, 4) is 22.8 Å². The van der Waals surface area contributed by atoms with Crippen molar-refractivity contribution in [3.05, 3.63) is 64.8 Å². The molecule has 4 aromatic rings. The summed E-state index contributed by atoms with van der Waals surface area (Å²) in [6.45, 7) is 4.04. The highest BCUT2D eigenvalue weighted by Crippen LogP contribution is 2.34. The molecule has 0 spiro atoms. The molecule has 0 saturated carbocycles. The van der Waals surface area contributed by atoms with Crippen LogP contribution in [0.25, 0.3) is 16.2 Å². The highest BCUT2D eigenvalue weighted by atomic mass is 32.1. The Hall–Kier alpha value is -3.32. The standard InChI is InChI=1S/C23H23N3O3S/c1-14-7-15(2)9-16(8-14)24-22(27)10-17-13-30-23-25-20(12-26(17)23)19-11-18(28-3)5-6-21(19)29-4/h5-9,11-13H,10H2,1-4H3,(H,24,27). The van der Waals surface area contributed by atoms with Gasteiger partial charge in [0.15, 0.2) is 4.96 Å². The molecule has 154 valence electrons. The van der Waals surface area contributed by atoms with Gasteiger partial charge in [0, 0.05) is 28.5 Å². The van der Waals surface area contributed by atoms with E-state index in [0.717, 1.165) is 50.2 Å². The second kappa shape index (κ2) is 8.20. The molecule has 1 N–H and O–H groups in total. The van der Waals surface area contributed by atoms with Crippen LogP contribution in [0.1, 0.15) is 16.8 Å². The van der Waals surface area contributed by atoms with Crippen molar-refractivity contribution in [3.63, 3.8) is 0 Å². The smallest absolute Gasteiger partial charge is 0.230 e. The number of fused-ring (bicyclic) bond motifs is 1. The zero-order valence-electron chi connectivity index (χ0n) is 17.4. The molecule has 0 atom stereocenters. The van der Waals surface area contributed by atoms with Crippen LogP contribution in [-0.2, 0) is 11.2 Å². The van der Waals surface area contributed by atoms with Gasteiger partial charge in [-0.15, -0.1) is 11.3 Å². The molecule has 2 aromatic heterocycles. The molecule has 0 fully saturated rings. The number of carbonyl (C=O) groups excluding carboxylic acids is 1. The molecule has 0 aliphatic heterocycles. The van der Waals surface area contributed by atoms with E-state index in [1.165, 1.54) is 11.3 Å². The van der Waals surface area contributed by atoms with E-state index in [1.54, 1.807) is 14.2 Å². The highest BCUT2D eigenvalue weighted by Gasteiger charge is 2.16. The number of hydrogen-bond acceptors (Lipinski definition) is 5. The van der Waals surface area contributed by atoms with E-state index in [9.17, 15) is 4.79 Å². The van der Waals surface area contributed by atoms with Gasteiger partial charge in [-0.2, -0.15) is 0 Å². The SMILES string of the molecule is COc1ccc(OC)c(-c2cn3c(CC(=O)Nc4cc(C)cc(C)c4)csc3n2)c1. The maximum atomic E-state index is 12.6. The maximum Gasteiger partial charge on any atom is 0.230 e. The summed E-state index contributed by atoms with van der Waals surface area (Å²) < 4.78 is 12.8. The van der Waals surface area contributed by atoms with Crippen LogP contribution in [0.5, 0.6) is 11.5 Å². The summed E-state index contributed by atoms with van der Waals surface area (Å²) in [5.74, 6) is 1.39. The molecule has 0 aliphatic carbocycles. The molecule has 4 rings (SSSR count). The van der Waals surface area contributed by atoms with Crippen LogP contribution >= 0.6 is 11.3 Å². The molecule has 0 bridgehead atoms. The lowest BCUT2D eigenvalue weighted by molar-refractivity contribution is -0.115. The number of thiazole rings is 1. The zero-order valence-corrected chi connectivity index (χ0v) is 18.2. The first-order chi connectivity index (χ1) is 14.5. The zero-order chi connectivity index (χ0) is 21.3. The average molecular weight is 422 g/mol. The quantitative estimate of drug-likeness (QED) is 0.482. The summed E-state index contributed by atoms with van der Waals surface area (Å²) in [5, 5.41) is 4.96. The van der Waals surface area contributed by atoms with Crippen molar-refractivity contribution < 1.29 is 14.3 Å². The number of amides is 1. The van der Waals surface area contributed by atoms with Crippen LogP contribution in [-0.4, -0.2) is 29.5 Å². The molecule has 0 aliphatic rings. The van der Waals surface area contributed by atoms with Crippen molar-refractivity contribution in [2.24, 2.45) is 0 Å². The Bertz CT molecular complexity index is 1210. The highest BCUT2D eigenvalue weighted by molar-refractivity contribution is 7.15. The van der Waals surface area contributed by atoms with Crippen LogP contribution in [0.2, 0.25) is 0 Å². The molecular weight excluding hydrogens is 398 g/mol. The number of nitrogens with zero attached hydrogens (tertiary/aromatic N) is 2. The summed E-state index contributed by atoms with van der Waals surface area (Å²) in [6, 6.07) is 11.6. The van der Waals surface area contributed by atoms with Gasteiger partial charge >= 0.3 is 0 Å². The van der Waals surface area contributed by atoms with Crippen LogP contribution in [0, 0.1) is 13.8 Å². The Kier molecular flexibility index (Phi) is 5.46. The van der Waals surface area contributed by atoms with Crippen molar-refractivity contribution in [1.29, 1.82) is 0 Å².